The highest BCUT2D eigenvalue weighted by molar-refractivity contribution is 7.89. The Kier molecular flexibility index (Phi) is 4.19. The van der Waals surface area contributed by atoms with Gasteiger partial charge in [-0.3, -0.25) is 0 Å². The van der Waals surface area contributed by atoms with Crippen molar-refractivity contribution >= 4 is 10.0 Å². The van der Waals surface area contributed by atoms with Gasteiger partial charge >= 0.3 is 0 Å². The monoisotopic (exact) mass is 332 g/mol. The van der Waals surface area contributed by atoms with Crippen molar-refractivity contribution in [2.24, 2.45) is 0 Å². The number of ether oxygens (including phenoxy) is 1. The van der Waals surface area contributed by atoms with Crippen LogP contribution < -0.4 is 5.32 Å². The number of sulfonamides is 1. The summed E-state index contributed by atoms with van der Waals surface area (Å²) in [6, 6.07) is 2.66. The number of piperidine rings is 1. The van der Waals surface area contributed by atoms with Crippen LogP contribution in [0.25, 0.3) is 0 Å². The summed E-state index contributed by atoms with van der Waals surface area (Å²) < 4.78 is 58.8. The first-order valence-corrected chi connectivity index (χ1v) is 8.67. The van der Waals surface area contributed by atoms with Crippen LogP contribution in [-0.2, 0) is 14.8 Å². The fourth-order valence-corrected chi connectivity index (χ4v) is 4.50. The molecule has 0 aliphatic carbocycles. The molecule has 22 heavy (non-hydrogen) atoms. The summed E-state index contributed by atoms with van der Waals surface area (Å²) in [7, 11) is -3.85. The number of halogens is 2. The molecule has 5 nitrogen and oxygen atoms in total. The number of nitrogens with one attached hydrogen (secondary N) is 1. The van der Waals surface area contributed by atoms with Crippen molar-refractivity contribution < 1.29 is 21.9 Å². The van der Waals surface area contributed by atoms with Crippen LogP contribution in [0.2, 0.25) is 0 Å². The second kappa shape index (κ2) is 5.84. The van der Waals surface area contributed by atoms with E-state index in [1.165, 1.54) is 4.31 Å². The molecule has 2 aliphatic heterocycles. The number of morpholine rings is 1. The van der Waals surface area contributed by atoms with Gasteiger partial charge in [0.05, 0.1) is 17.1 Å². The molecule has 0 bridgehead atoms. The summed E-state index contributed by atoms with van der Waals surface area (Å²) >= 11 is 0. The van der Waals surface area contributed by atoms with Gasteiger partial charge in [0.1, 0.15) is 0 Å². The predicted octanol–water partition coefficient (Wildman–Crippen LogP) is 1.11. The van der Waals surface area contributed by atoms with Crippen LogP contribution in [0.5, 0.6) is 0 Å². The fourth-order valence-electron chi connectivity index (χ4n) is 2.99. The molecule has 1 aromatic carbocycles. The first kappa shape index (κ1) is 15.8. The lowest BCUT2D eigenvalue weighted by Crippen LogP contribution is -2.57. The van der Waals surface area contributed by atoms with E-state index in [2.05, 4.69) is 5.32 Å². The summed E-state index contributed by atoms with van der Waals surface area (Å²) in [6.07, 6.45) is 1.47. The smallest absolute Gasteiger partial charge is 0.243 e. The molecule has 2 aliphatic rings. The van der Waals surface area contributed by atoms with Crippen molar-refractivity contribution in [3.05, 3.63) is 29.8 Å². The van der Waals surface area contributed by atoms with Crippen LogP contribution in [0.4, 0.5) is 8.78 Å². The average molecular weight is 332 g/mol. The summed E-state index contributed by atoms with van der Waals surface area (Å²) in [5, 5.41) is 3.22. The second-order valence-electron chi connectivity index (χ2n) is 5.70. The van der Waals surface area contributed by atoms with E-state index in [9.17, 15) is 17.2 Å². The molecule has 3 rings (SSSR count). The van der Waals surface area contributed by atoms with Crippen molar-refractivity contribution in [1.82, 2.24) is 9.62 Å². The zero-order valence-electron chi connectivity index (χ0n) is 12.0. The van der Waals surface area contributed by atoms with Crippen LogP contribution in [-0.4, -0.2) is 51.1 Å². The van der Waals surface area contributed by atoms with E-state index in [1.54, 1.807) is 0 Å². The average Bonchev–Trinajstić information content (AvgIpc) is 2.51. The number of hydrogen-bond acceptors (Lipinski definition) is 4. The van der Waals surface area contributed by atoms with Crippen LogP contribution >= 0.6 is 0 Å². The van der Waals surface area contributed by atoms with Crippen molar-refractivity contribution in [3.8, 4) is 0 Å². The van der Waals surface area contributed by atoms with Crippen molar-refractivity contribution in [1.29, 1.82) is 0 Å². The van der Waals surface area contributed by atoms with Gasteiger partial charge in [0, 0.05) is 13.1 Å². The molecule has 0 aromatic heterocycles. The quantitative estimate of drug-likeness (QED) is 0.881. The molecular formula is C14H18F2N2O3S. The van der Waals surface area contributed by atoms with E-state index < -0.39 is 27.3 Å². The first-order chi connectivity index (χ1) is 10.4. The normalized spacial score (nSPS) is 22.8. The maximum Gasteiger partial charge on any atom is 0.243 e. The Balaban J connectivity index is 1.86. The molecule has 1 N–H and O–H groups in total. The molecule has 0 atom stereocenters. The molecule has 8 heteroatoms. The van der Waals surface area contributed by atoms with Gasteiger partial charge in [0.25, 0.3) is 0 Å². The van der Waals surface area contributed by atoms with Crippen molar-refractivity contribution in [3.63, 3.8) is 0 Å². The van der Waals surface area contributed by atoms with Crippen LogP contribution in [0, 0.1) is 11.6 Å². The highest BCUT2D eigenvalue weighted by Crippen LogP contribution is 2.30. The number of benzene rings is 1. The molecule has 1 spiro atoms. The van der Waals surface area contributed by atoms with Crippen molar-refractivity contribution in [2.75, 3.05) is 32.8 Å². The minimum atomic E-state index is -3.85. The second-order valence-corrected chi connectivity index (χ2v) is 7.63. The SMILES string of the molecule is O=S(=O)(c1ccc(F)c(F)c1)N1CCOC2(CCNCC2)C1. The molecule has 0 unspecified atom stereocenters. The van der Waals surface area contributed by atoms with Crippen LogP contribution in [0.3, 0.4) is 0 Å². The molecule has 2 saturated heterocycles. The van der Waals surface area contributed by atoms with Crippen LogP contribution in [0.1, 0.15) is 12.8 Å². The van der Waals surface area contributed by atoms with Gasteiger partial charge in [-0.2, -0.15) is 4.31 Å². The Hall–Kier alpha value is -1.09. The van der Waals surface area contributed by atoms with Crippen molar-refractivity contribution in [2.45, 2.75) is 23.3 Å². The maximum atomic E-state index is 13.3. The third-order valence-electron chi connectivity index (χ3n) is 4.26. The Labute approximate surface area is 128 Å². The summed E-state index contributed by atoms with van der Waals surface area (Å²) in [5.41, 5.74) is -0.477. The Morgan fingerprint density at radius 3 is 2.59 bits per heavy atom. The topological polar surface area (TPSA) is 58.6 Å². The van der Waals surface area contributed by atoms with Gasteiger partial charge in [-0.05, 0) is 44.1 Å². The molecule has 2 heterocycles. The minimum absolute atomic E-state index is 0.219. The third kappa shape index (κ3) is 2.88. The zero-order valence-corrected chi connectivity index (χ0v) is 12.8. The molecule has 0 saturated carbocycles. The van der Waals surface area contributed by atoms with E-state index in [-0.39, 0.29) is 18.0 Å². The number of rotatable bonds is 2. The molecule has 0 radical (unpaired) electrons. The highest BCUT2D eigenvalue weighted by atomic mass is 32.2. The molecule has 122 valence electrons. The predicted molar refractivity (Wildman–Crippen MR) is 75.9 cm³/mol. The van der Waals surface area contributed by atoms with Gasteiger partial charge in [-0.25, -0.2) is 17.2 Å². The molecule has 2 fully saturated rings. The Morgan fingerprint density at radius 2 is 1.91 bits per heavy atom. The van der Waals surface area contributed by atoms with E-state index in [0.717, 1.165) is 44.1 Å². The van der Waals surface area contributed by atoms with Gasteiger partial charge < -0.3 is 10.1 Å². The highest BCUT2D eigenvalue weighted by Gasteiger charge is 2.41. The standard InChI is InChI=1S/C14H18F2N2O3S/c15-12-2-1-11(9-13(12)16)22(19,20)18-7-8-21-14(10-18)3-5-17-6-4-14/h1-2,9,17H,3-8,10H2. The summed E-state index contributed by atoms with van der Waals surface area (Å²) in [5.74, 6) is -2.22. The van der Waals surface area contributed by atoms with Gasteiger partial charge in [-0.1, -0.05) is 0 Å². The van der Waals surface area contributed by atoms with E-state index in [1.807, 2.05) is 0 Å². The molecule has 0 amide bonds. The number of hydrogen-bond donors (Lipinski definition) is 1. The van der Waals surface area contributed by atoms with Gasteiger partial charge in [-0.15, -0.1) is 0 Å². The lowest BCUT2D eigenvalue weighted by Gasteiger charge is -2.44. The number of nitrogens with zero attached hydrogens (tertiary/aromatic N) is 1. The van der Waals surface area contributed by atoms with Gasteiger partial charge in [0.2, 0.25) is 10.0 Å². The van der Waals surface area contributed by atoms with E-state index >= 15 is 0 Å². The first-order valence-electron chi connectivity index (χ1n) is 7.23. The summed E-state index contributed by atoms with van der Waals surface area (Å²) in [6.45, 7) is 2.33. The maximum absolute atomic E-state index is 13.3. The Morgan fingerprint density at radius 1 is 1.18 bits per heavy atom. The Bertz CT molecular complexity index is 655. The molecular weight excluding hydrogens is 314 g/mol. The van der Waals surface area contributed by atoms with Crippen LogP contribution in [0.15, 0.2) is 23.1 Å². The van der Waals surface area contributed by atoms with E-state index in [0.29, 0.717) is 6.61 Å². The zero-order chi connectivity index (χ0) is 15.8. The minimum Gasteiger partial charge on any atom is -0.372 e. The molecule has 1 aromatic rings. The summed E-state index contributed by atoms with van der Waals surface area (Å²) in [4.78, 5) is -0.225. The third-order valence-corrected chi connectivity index (χ3v) is 6.10. The fraction of sp³-hybridized carbons (Fsp3) is 0.571. The largest absolute Gasteiger partial charge is 0.372 e. The van der Waals surface area contributed by atoms with E-state index in [4.69, 9.17) is 4.74 Å². The lowest BCUT2D eigenvalue weighted by molar-refractivity contribution is -0.105. The lowest BCUT2D eigenvalue weighted by atomic mass is 9.91. The van der Waals surface area contributed by atoms with Gasteiger partial charge in [0.15, 0.2) is 11.6 Å².